The minimum atomic E-state index is -4.75. The first kappa shape index (κ1) is 17.9. The first-order chi connectivity index (χ1) is 10.2. The van der Waals surface area contributed by atoms with Crippen LogP contribution in [0.15, 0.2) is 0 Å². The van der Waals surface area contributed by atoms with Crippen LogP contribution in [0, 0.1) is 23.7 Å². The Morgan fingerprint density at radius 2 is 0.909 bits per heavy atom. The Kier molecular flexibility index (Phi) is 5.70. The summed E-state index contributed by atoms with van der Waals surface area (Å²) in [5, 5.41) is 0. The van der Waals surface area contributed by atoms with Crippen LogP contribution < -0.4 is 0 Å². The van der Waals surface area contributed by atoms with Gasteiger partial charge in [-0.1, -0.05) is 38.5 Å². The van der Waals surface area contributed by atoms with Crippen LogP contribution >= 0.6 is 0 Å². The Bertz CT molecular complexity index is 316. The standard InChI is InChI=1S/C16H24F6/c17-15(18,19)13-9-7-12(6-5-11-3-1-2-4-11)8-10-14(13)16(20,21)22/h11-14H,1-10H2. The lowest BCUT2D eigenvalue weighted by Crippen LogP contribution is -2.38. The van der Waals surface area contributed by atoms with Crippen LogP contribution in [0.1, 0.15) is 64.2 Å². The van der Waals surface area contributed by atoms with E-state index in [1.165, 1.54) is 25.7 Å². The van der Waals surface area contributed by atoms with Gasteiger partial charge in [0.1, 0.15) is 0 Å². The van der Waals surface area contributed by atoms with E-state index in [2.05, 4.69) is 0 Å². The molecule has 0 aromatic heterocycles. The monoisotopic (exact) mass is 330 g/mol. The third-order valence-electron chi connectivity index (χ3n) is 5.56. The topological polar surface area (TPSA) is 0 Å². The second-order valence-electron chi connectivity index (χ2n) is 7.04. The first-order valence-corrected chi connectivity index (χ1v) is 8.31. The molecule has 2 aliphatic carbocycles. The normalized spacial score (nSPS) is 32.2. The Hall–Kier alpha value is -0.420. The van der Waals surface area contributed by atoms with Gasteiger partial charge in [-0.05, 0) is 37.5 Å². The van der Waals surface area contributed by atoms with Crippen molar-refractivity contribution in [3.05, 3.63) is 0 Å². The molecular formula is C16H24F6. The number of alkyl halides is 6. The molecule has 0 aliphatic heterocycles. The molecule has 0 aromatic carbocycles. The lowest BCUT2D eigenvalue weighted by molar-refractivity contribution is -0.254. The zero-order valence-corrected chi connectivity index (χ0v) is 12.6. The maximum absolute atomic E-state index is 13.0. The molecule has 0 bridgehead atoms. The second-order valence-corrected chi connectivity index (χ2v) is 7.04. The van der Waals surface area contributed by atoms with E-state index in [4.69, 9.17) is 0 Å². The van der Waals surface area contributed by atoms with Gasteiger partial charge >= 0.3 is 12.4 Å². The van der Waals surface area contributed by atoms with Crippen molar-refractivity contribution in [2.24, 2.45) is 23.7 Å². The van der Waals surface area contributed by atoms with Gasteiger partial charge in [0.05, 0.1) is 11.8 Å². The molecule has 0 radical (unpaired) electrons. The van der Waals surface area contributed by atoms with E-state index >= 15 is 0 Å². The molecule has 2 rings (SSSR count). The molecule has 22 heavy (non-hydrogen) atoms. The van der Waals surface area contributed by atoms with Crippen LogP contribution in [0.3, 0.4) is 0 Å². The predicted molar refractivity (Wildman–Crippen MR) is 72.2 cm³/mol. The molecule has 0 amide bonds. The smallest absolute Gasteiger partial charge is 0.171 e. The maximum Gasteiger partial charge on any atom is 0.392 e. The number of hydrogen-bond acceptors (Lipinski definition) is 0. The molecule has 2 unspecified atom stereocenters. The largest absolute Gasteiger partial charge is 0.392 e. The van der Waals surface area contributed by atoms with Crippen LogP contribution in [0.2, 0.25) is 0 Å². The van der Waals surface area contributed by atoms with Gasteiger partial charge in [0.2, 0.25) is 0 Å². The quantitative estimate of drug-likeness (QED) is 0.409. The van der Waals surface area contributed by atoms with E-state index in [1.54, 1.807) is 0 Å². The van der Waals surface area contributed by atoms with E-state index in [0.29, 0.717) is 5.92 Å². The van der Waals surface area contributed by atoms with Gasteiger partial charge in [0.25, 0.3) is 0 Å². The molecule has 2 atom stereocenters. The molecule has 2 fully saturated rings. The molecule has 0 saturated heterocycles. The summed E-state index contributed by atoms with van der Waals surface area (Å²) in [4.78, 5) is 0. The highest BCUT2D eigenvalue weighted by Gasteiger charge is 2.55. The fraction of sp³-hybridized carbons (Fsp3) is 1.00. The maximum atomic E-state index is 13.0. The predicted octanol–water partition coefficient (Wildman–Crippen LogP) is 6.50. The first-order valence-electron chi connectivity index (χ1n) is 8.31. The summed E-state index contributed by atoms with van der Waals surface area (Å²) in [6.45, 7) is 0. The highest BCUT2D eigenvalue weighted by atomic mass is 19.4. The van der Waals surface area contributed by atoms with E-state index in [0.717, 1.165) is 12.8 Å². The lowest BCUT2D eigenvalue weighted by Gasteiger charge is -2.28. The highest BCUT2D eigenvalue weighted by molar-refractivity contribution is 4.86. The molecule has 0 aromatic rings. The number of halogens is 6. The summed E-state index contributed by atoms with van der Waals surface area (Å²) in [5.41, 5.74) is 0. The average molecular weight is 330 g/mol. The second kappa shape index (κ2) is 7.00. The summed E-state index contributed by atoms with van der Waals surface area (Å²) in [5.74, 6) is -3.77. The molecule has 0 nitrogen and oxygen atoms in total. The molecule has 130 valence electrons. The van der Waals surface area contributed by atoms with Gasteiger partial charge in [-0.15, -0.1) is 0 Å². The third kappa shape index (κ3) is 4.79. The van der Waals surface area contributed by atoms with E-state index in [1.807, 2.05) is 0 Å². The van der Waals surface area contributed by atoms with Gasteiger partial charge in [0.15, 0.2) is 0 Å². The van der Waals surface area contributed by atoms with Gasteiger partial charge in [-0.3, -0.25) is 0 Å². The van der Waals surface area contributed by atoms with Crippen LogP contribution in [0.4, 0.5) is 26.3 Å². The van der Waals surface area contributed by atoms with E-state index in [9.17, 15) is 26.3 Å². The van der Waals surface area contributed by atoms with E-state index < -0.39 is 24.2 Å². The van der Waals surface area contributed by atoms with Crippen molar-refractivity contribution >= 4 is 0 Å². The molecule has 0 N–H and O–H groups in total. The van der Waals surface area contributed by atoms with Crippen molar-refractivity contribution in [1.82, 2.24) is 0 Å². The number of hydrogen-bond donors (Lipinski definition) is 0. The summed E-state index contributed by atoms with van der Waals surface area (Å²) < 4.78 is 77.8. The Balaban J connectivity index is 1.94. The van der Waals surface area contributed by atoms with Gasteiger partial charge in [0, 0.05) is 0 Å². The van der Waals surface area contributed by atoms with Gasteiger partial charge < -0.3 is 0 Å². The fourth-order valence-electron chi connectivity index (χ4n) is 4.22. The minimum absolute atomic E-state index is 0.0257. The van der Waals surface area contributed by atoms with Crippen LogP contribution in [0.25, 0.3) is 0 Å². The molecule has 6 heteroatoms. The van der Waals surface area contributed by atoms with Crippen molar-refractivity contribution < 1.29 is 26.3 Å². The van der Waals surface area contributed by atoms with Gasteiger partial charge in [-0.2, -0.15) is 26.3 Å². The van der Waals surface area contributed by atoms with Crippen LogP contribution in [-0.2, 0) is 0 Å². The van der Waals surface area contributed by atoms with Crippen LogP contribution in [-0.4, -0.2) is 12.4 Å². The van der Waals surface area contributed by atoms with Crippen molar-refractivity contribution in [2.45, 2.75) is 76.6 Å². The van der Waals surface area contributed by atoms with E-state index in [-0.39, 0.29) is 31.6 Å². The SMILES string of the molecule is FC(F)(F)C1CCC(CCC2CCCC2)CCC1C(F)(F)F. The van der Waals surface area contributed by atoms with Crippen molar-refractivity contribution in [1.29, 1.82) is 0 Å². The third-order valence-corrected chi connectivity index (χ3v) is 5.56. The van der Waals surface area contributed by atoms with Crippen molar-refractivity contribution in [3.63, 3.8) is 0 Å². The molecular weight excluding hydrogens is 306 g/mol. The zero-order valence-electron chi connectivity index (χ0n) is 12.6. The number of rotatable bonds is 3. The Morgan fingerprint density at radius 1 is 0.545 bits per heavy atom. The molecule has 2 aliphatic rings. The van der Waals surface area contributed by atoms with Crippen molar-refractivity contribution in [3.8, 4) is 0 Å². The van der Waals surface area contributed by atoms with Crippen molar-refractivity contribution in [2.75, 3.05) is 0 Å². The lowest BCUT2D eigenvalue weighted by atomic mass is 9.87. The summed E-state index contributed by atoms with van der Waals surface area (Å²) in [6, 6.07) is 0. The van der Waals surface area contributed by atoms with Crippen LogP contribution in [0.5, 0.6) is 0 Å². The minimum Gasteiger partial charge on any atom is -0.171 e. The highest BCUT2D eigenvalue weighted by Crippen LogP contribution is 2.49. The average Bonchev–Trinajstić information content (AvgIpc) is 2.78. The summed E-state index contributed by atoms with van der Waals surface area (Å²) in [6.07, 6.45) is -3.16. The zero-order chi connectivity index (χ0) is 16.4. The molecule has 2 saturated carbocycles. The Morgan fingerprint density at radius 3 is 1.27 bits per heavy atom. The van der Waals surface area contributed by atoms with Gasteiger partial charge in [-0.25, -0.2) is 0 Å². The summed E-state index contributed by atoms with van der Waals surface area (Å²) in [7, 11) is 0. The molecule has 0 spiro atoms. The molecule has 0 heterocycles. The summed E-state index contributed by atoms with van der Waals surface area (Å²) >= 11 is 0. The Labute approximate surface area is 127 Å². The fourth-order valence-corrected chi connectivity index (χ4v) is 4.22.